The van der Waals surface area contributed by atoms with E-state index in [0.717, 1.165) is 42.1 Å². The van der Waals surface area contributed by atoms with Gasteiger partial charge in [0.25, 0.3) is 0 Å². The minimum atomic E-state index is -0.264. The molecule has 0 aliphatic carbocycles. The Labute approximate surface area is 177 Å². The summed E-state index contributed by atoms with van der Waals surface area (Å²) in [6.07, 6.45) is 2.38. The van der Waals surface area contributed by atoms with Crippen molar-refractivity contribution in [1.82, 2.24) is 5.32 Å². The Morgan fingerprint density at radius 3 is 2.66 bits per heavy atom. The number of hydrogen-bond acceptors (Lipinski definition) is 3. The lowest BCUT2D eigenvalue weighted by Crippen LogP contribution is -2.42. The van der Waals surface area contributed by atoms with Crippen molar-refractivity contribution in [2.75, 3.05) is 16.8 Å². The summed E-state index contributed by atoms with van der Waals surface area (Å²) < 4.78 is 6.14. The quantitative estimate of drug-likeness (QED) is 0.719. The fourth-order valence-corrected chi connectivity index (χ4v) is 4.33. The van der Waals surface area contributed by atoms with E-state index in [0.29, 0.717) is 11.5 Å². The van der Waals surface area contributed by atoms with Crippen molar-refractivity contribution in [2.24, 2.45) is 0 Å². The van der Waals surface area contributed by atoms with Crippen molar-refractivity contribution in [1.29, 1.82) is 0 Å². The lowest BCUT2D eigenvalue weighted by atomic mass is 9.89. The number of amides is 1. The highest BCUT2D eigenvalue weighted by Crippen LogP contribution is 2.39. The summed E-state index contributed by atoms with van der Waals surface area (Å²) in [6.45, 7) is 7.07. The van der Waals surface area contributed by atoms with Crippen molar-refractivity contribution < 1.29 is 9.53 Å². The molecule has 1 fully saturated rings. The normalized spacial score (nSPS) is 20.0. The topological polar surface area (TPSA) is 53.6 Å². The number of hydrogen-bond donors (Lipinski definition) is 2. The molecule has 0 radical (unpaired) electrons. The largest absolute Gasteiger partial charge is 0.487 e. The van der Waals surface area contributed by atoms with Gasteiger partial charge in [0, 0.05) is 36.3 Å². The maximum atomic E-state index is 11.9. The van der Waals surface area contributed by atoms with Gasteiger partial charge in [-0.1, -0.05) is 17.7 Å². The fraction of sp³-hybridized carbons (Fsp3) is 0.391. The highest BCUT2D eigenvalue weighted by Gasteiger charge is 2.34. The van der Waals surface area contributed by atoms with Gasteiger partial charge in [-0.2, -0.15) is 0 Å². The van der Waals surface area contributed by atoms with Crippen molar-refractivity contribution >= 4 is 34.6 Å². The molecule has 2 aliphatic rings. The molecule has 0 aromatic heterocycles. The minimum absolute atomic E-state index is 0.0788. The Morgan fingerprint density at radius 1 is 1.21 bits per heavy atom. The highest BCUT2D eigenvalue weighted by molar-refractivity contribution is 7.80. The smallest absolute Gasteiger partial charge is 0.227 e. The molecule has 4 rings (SSSR count). The Morgan fingerprint density at radius 2 is 1.97 bits per heavy atom. The zero-order chi connectivity index (χ0) is 20.6. The van der Waals surface area contributed by atoms with Crippen LogP contribution in [0.1, 0.15) is 50.3 Å². The zero-order valence-corrected chi connectivity index (χ0v) is 17.9. The molecule has 2 N–H and O–H groups in total. The molecule has 1 amide bonds. The lowest BCUT2D eigenvalue weighted by Gasteiger charge is -2.38. The van der Waals surface area contributed by atoms with Crippen LogP contribution in [0.3, 0.4) is 0 Å². The molecule has 0 unspecified atom stereocenters. The summed E-state index contributed by atoms with van der Waals surface area (Å²) in [5.41, 5.74) is 3.90. The molecule has 2 aromatic carbocycles. The molecule has 1 saturated heterocycles. The van der Waals surface area contributed by atoms with Gasteiger partial charge in [0.2, 0.25) is 5.91 Å². The molecule has 0 saturated carbocycles. The van der Waals surface area contributed by atoms with E-state index in [2.05, 4.69) is 43.5 Å². The second-order valence-electron chi connectivity index (χ2n) is 8.45. The Kier molecular flexibility index (Phi) is 5.21. The number of nitrogens with one attached hydrogen (secondary N) is 2. The van der Waals surface area contributed by atoms with E-state index in [1.54, 1.807) is 0 Å². The molecule has 6 heteroatoms. The first-order valence-electron chi connectivity index (χ1n) is 10.1. The van der Waals surface area contributed by atoms with Crippen molar-refractivity contribution in [3.63, 3.8) is 0 Å². The Balaban J connectivity index is 1.44. The maximum Gasteiger partial charge on any atom is 0.227 e. The van der Waals surface area contributed by atoms with Gasteiger partial charge in [-0.05, 0) is 69.7 Å². The molecule has 29 heavy (non-hydrogen) atoms. The van der Waals surface area contributed by atoms with E-state index in [-0.39, 0.29) is 17.6 Å². The van der Waals surface area contributed by atoms with Crippen LogP contribution >= 0.6 is 12.2 Å². The second-order valence-corrected chi connectivity index (χ2v) is 8.86. The van der Waals surface area contributed by atoms with E-state index < -0.39 is 0 Å². The van der Waals surface area contributed by atoms with E-state index in [9.17, 15) is 4.79 Å². The monoisotopic (exact) mass is 409 g/mol. The molecular weight excluding hydrogens is 382 g/mol. The minimum Gasteiger partial charge on any atom is -0.487 e. The average molecular weight is 410 g/mol. The molecule has 2 aliphatic heterocycles. The van der Waals surface area contributed by atoms with Crippen LogP contribution < -0.4 is 20.3 Å². The lowest BCUT2D eigenvalue weighted by molar-refractivity contribution is -0.117. The van der Waals surface area contributed by atoms with E-state index in [1.807, 2.05) is 35.2 Å². The Bertz CT molecular complexity index is 940. The van der Waals surface area contributed by atoms with Crippen LogP contribution in [0.5, 0.6) is 5.75 Å². The number of benzene rings is 2. The molecule has 0 spiro atoms. The average Bonchev–Trinajstić information content (AvgIpc) is 3.08. The summed E-state index contributed by atoms with van der Waals surface area (Å²) in [7, 11) is 0. The third-order valence-corrected chi connectivity index (χ3v) is 5.66. The number of rotatable bonds is 3. The predicted molar refractivity (Wildman–Crippen MR) is 121 cm³/mol. The van der Waals surface area contributed by atoms with Gasteiger partial charge in [0.15, 0.2) is 5.11 Å². The molecule has 2 heterocycles. The number of anilines is 2. The van der Waals surface area contributed by atoms with Crippen LogP contribution in [0.25, 0.3) is 0 Å². The maximum absolute atomic E-state index is 11.9. The molecule has 152 valence electrons. The van der Waals surface area contributed by atoms with Crippen LogP contribution in [0.4, 0.5) is 11.4 Å². The number of nitrogens with zero attached hydrogens (tertiary/aromatic N) is 1. The molecule has 1 atom stereocenters. The van der Waals surface area contributed by atoms with Gasteiger partial charge in [0.05, 0.1) is 6.04 Å². The highest BCUT2D eigenvalue weighted by atomic mass is 32.1. The number of carbonyl (C=O) groups is 1. The van der Waals surface area contributed by atoms with Gasteiger partial charge in [-0.15, -0.1) is 0 Å². The van der Waals surface area contributed by atoms with Gasteiger partial charge in [0.1, 0.15) is 11.4 Å². The first kappa shape index (κ1) is 19.7. The van der Waals surface area contributed by atoms with Gasteiger partial charge in [-0.3, -0.25) is 4.79 Å². The number of aryl methyl sites for hydroxylation is 1. The second kappa shape index (κ2) is 7.67. The molecular formula is C23H27N3O2S. The van der Waals surface area contributed by atoms with Gasteiger partial charge >= 0.3 is 0 Å². The standard InChI is InChI=1S/C23H27N3O2S/c1-15-6-11-20-18(13-15)19(14-23(2,3)28-20)25-22(29)24-16-7-9-17(10-8-16)26-12-4-5-21(26)27/h6-11,13,19H,4-5,12,14H2,1-3H3,(H2,24,25,29)/t19-/m0/s1. The number of ether oxygens (including phenoxy) is 1. The van der Waals surface area contributed by atoms with Crippen LogP contribution in [0.15, 0.2) is 42.5 Å². The number of carbonyl (C=O) groups excluding carboxylic acids is 1. The van der Waals surface area contributed by atoms with Crippen LogP contribution in [0.2, 0.25) is 0 Å². The summed E-state index contributed by atoms with van der Waals surface area (Å²) in [5.74, 6) is 1.10. The SMILES string of the molecule is Cc1ccc2c(c1)[C@@H](NC(=S)Nc1ccc(N3CCCC3=O)cc1)CC(C)(C)O2. The zero-order valence-electron chi connectivity index (χ0n) is 17.1. The number of fused-ring (bicyclic) bond motifs is 1. The third kappa shape index (κ3) is 4.37. The summed E-state index contributed by atoms with van der Waals surface area (Å²) in [6, 6.07) is 14.2. The van der Waals surface area contributed by atoms with Crippen molar-refractivity contribution in [2.45, 2.75) is 51.7 Å². The van der Waals surface area contributed by atoms with Crippen molar-refractivity contribution in [3.05, 3.63) is 53.6 Å². The van der Waals surface area contributed by atoms with Crippen LogP contribution in [-0.2, 0) is 4.79 Å². The summed E-state index contributed by atoms with van der Waals surface area (Å²) >= 11 is 5.58. The van der Waals surface area contributed by atoms with Gasteiger partial charge < -0.3 is 20.3 Å². The number of thiocarbonyl (C=S) groups is 1. The van der Waals surface area contributed by atoms with Crippen LogP contribution in [0, 0.1) is 6.92 Å². The third-order valence-electron chi connectivity index (χ3n) is 5.44. The van der Waals surface area contributed by atoms with E-state index in [4.69, 9.17) is 17.0 Å². The molecule has 0 bridgehead atoms. The van der Waals surface area contributed by atoms with Crippen molar-refractivity contribution in [3.8, 4) is 5.75 Å². The van der Waals surface area contributed by atoms with Crippen LogP contribution in [-0.4, -0.2) is 23.2 Å². The molecule has 5 nitrogen and oxygen atoms in total. The first-order chi connectivity index (χ1) is 13.8. The van der Waals surface area contributed by atoms with Gasteiger partial charge in [-0.25, -0.2) is 0 Å². The Hall–Kier alpha value is -2.60. The summed E-state index contributed by atoms with van der Waals surface area (Å²) in [4.78, 5) is 13.7. The summed E-state index contributed by atoms with van der Waals surface area (Å²) in [5, 5.41) is 7.30. The van der Waals surface area contributed by atoms with E-state index >= 15 is 0 Å². The predicted octanol–water partition coefficient (Wildman–Crippen LogP) is 4.71. The molecule has 2 aromatic rings. The fourth-order valence-electron chi connectivity index (χ4n) is 4.07. The van der Waals surface area contributed by atoms with E-state index in [1.165, 1.54) is 5.56 Å². The first-order valence-corrected chi connectivity index (χ1v) is 10.5.